The predicted octanol–water partition coefficient (Wildman–Crippen LogP) is 4.34. The Morgan fingerprint density at radius 1 is 1.23 bits per heavy atom. The Labute approximate surface area is 156 Å². The van der Waals surface area contributed by atoms with Crippen LogP contribution < -0.4 is 10.1 Å². The topological polar surface area (TPSA) is 56.1 Å². The Morgan fingerprint density at radius 3 is 2.77 bits per heavy atom. The van der Waals surface area contributed by atoms with Gasteiger partial charge in [0.15, 0.2) is 5.69 Å². The maximum atomic E-state index is 12.8. The third-order valence-corrected chi connectivity index (χ3v) is 5.40. The molecule has 26 heavy (non-hydrogen) atoms. The molecule has 0 saturated heterocycles. The Kier molecular flexibility index (Phi) is 4.42. The summed E-state index contributed by atoms with van der Waals surface area (Å²) in [5, 5.41) is 7.44. The van der Waals surface area contributed by atoms with Gasteiger partial charge in [-0.3, -0.25) is 9.48 Å². The summed E-state index contributed by atoms with van der Waals surface area (Å²) in [6.07, 6.45) is 0. The molecule has 2 heterocycles. The van der Waals surface area contributed by atoms with Gasteiger partial charge in [-0.15, -0.1) is 11.8 Å². The first kappa shape index (κ1) is 16.7. The van der Waals surface area contributed by atoms with Crippen LogP contribution in [-0.2, 0) is 12.8 Å². The Bertz CT molecular complexity index is 964. The molecule has 1 aromatic heterocycles. The minimum absolute atomic E-state index is 0.189. The molecule has 0 aliphatic carbocycles. The highest BCUT2D eigenvalue weighted by molar-refractivity contribution is 7.98. The number of rotatable bonds is 4. The number of benzene rings is 2. The Balaban J connectivity index is 1.62. The number of anilines is 1. The van der Waals surface area contributed by atoms with Crippen molar-refractivity contribution in [2.45, 2.75) is 17.6 Å². The predicted molar refractivity (Wildman–Crippen MR) is 104 cm³/mol. The number of hydrogen-bond donors (Lipinski definition) is 1. The number of hydrogen-bond acceptors (Lipinski definition) is 4. The average Bonchev–Trinajstić information content (AvgIpc) is 3.01. The van der Waals surface area contributed by atoms with Gasteiger partial charge in [-0.05, 0) is 37.3 Å². The first-order valence-corrected chi connectivity index (χ1v) is 9.48. The zero-order chi connectivity index (χ0) is 18.1. The molecule has 5 nitrogen and oxygen atoms in total. The average molecular weight is 365 g/mol. The number of fused-ring (bicyclic) bond motifs is 3. The lowest BCUT2D eigenvalue weighted by Gasteiger charge is -2.17. The lowest BCUT2D eigenvalue weighted by molar-refractivity contribution is 0.102. The number of carbonyl (C=O) groups is 1. The molecule has 0 fully saturated rings. The number of aryl methyl sites for hydroxylation is 1. The quantitative estimate of drug-likeness (QED) is 0.747. The molecule has 132 valence electrons. The fourth-order valence-corrected chi connectivity index (χ4v) is 4.22. The summed E-state index contributed by atoms with van der Waals surface area (Å²) in [6, 6.07) is 15.6. The van der Waals surface area contributed by atoms with Crippen molar-refractivity contribution in [3.63, 3.8) is 0 Å². The maximum Gasteiger partial charge on any atom is 0.276 e. The lowest BCUT2D eigenvalue weighted by Crippen LogP contribution is -2.15. The second-order valence-corrected chi connectivity index (χ2v) is 7.01. The van der Waals surface area contributed by atoms with Crippen molar-refractivity contribution in [2.24, 2.45) is 7.05 Å². The van der Waals surface area contributed by atoms with Crippen molar-refractivity contribution in [2.75, 3.05) is 11.9 Å². The van der Waals surface area contributed by atoms with E-state index in [1.165, 1.54) is 4.90 Å². The highest BCUT2D eigenvalue weighted by Crippen LogP contribution is 2.42. The molecule has 0 bridgehead atoms. The van der Waals surface area contributed by atoms with Crippen molar-refractivity contribution in [1.29, 1.82) is 0 Å². The summed E-state index contributed by atoms with van der Waals surface area (Å²) in [6.45, 7) is 2.56. The minimum atomic E-state index is -0.189. The molecule has 0 saturated carbocycles. The lowest BCUT2D eigenvalue weighted by atomic mass is 10.1. The van der Waals surface area contributed by atoms with Crippen LogP contribution >= 0.6 is 11.8 Å². The molecular weight excluding hydrogens is 346 g/mol. The van der Waals surface area contributed by atoms with Crippen LogP contribution in [0.3, 0.4) is 0 Å². The summed E-state index contributed by atoms with van der Waals surface area (Å²) in [7, 11) is 1.89. The van der Waals surface area contributed by atoms with E-state index in [-0.39, 0.29) is 5.91 Å². The number of thioether (sulfide) groups is 1. The number of aromatic nitrogens is 2. The molecule has 4 rings (SSSR count). The van der Waals surface area contributed by atoms with Crippen molar-refractivity contribution in [1.82, 2.24) is 9.78 Å². The highest BCUT2D eigenvalue weighted by atomic mass is 32.2. The van der Waals surface area contributed by atoms with Crippen LogP contribution in [0.25, 0.3) is 11.3 Å². The van der Waals surface area contributed by atoms with Gasteiger partial charge < -0.3 is 10.1 Å². The third-order valence-electron chi connectivity index (χ3n) is 4.30. The molecule has 6 heteroatoms. The summed E-state index contributed by atoms with van der Waals surface area (Å²) in [5.41, 5.74) is 4.35. The van der Waals surface area contributed by atoms with E-state index >= 15 is 0 Å². The van der Waals surface area contributed by atoms with E-state index in [0.717, 1.165) is 34.0 Å². The first-order chi connectivity index (χ1) is 12.7. The number of nitrogens with zero attached hydrogens (tertiary/aromatic N) is 2. The van der Waals surface area contributed by atoms with Crippen molar-refractivity contribution in [3.05, 3.63) is 59.8 Å². The van der Waals surface area contributed by atoms with Crippen LogP contribution in [0.2, 0.25) is 0 Å². The Morgan fingerprint density at radius 2 is 2.00 bits per heavy atom. The van der Waals surface area contributed by atoms with Gasteiger partial charge in [0.05, 0.1) is 12.3 Å². The van der Waals surface area contributed by atoms with E-state index in [9.17, 15) is 4.79 Å². The van der Waals surface area contributed by atoms with Gasteiger partial charge in [-0.2, -0.15) is 5.10 Å². The first-order valence-electron chi connectivity index (χ1n) is 8.49. The molecule has 0 atom stereocenters. The molecule has 0 unspecified atom stereocenters. The van der Waals surface area contributed by atoms with Crippen LogP contribution in [0.1, 0.15) is 23.0 Å². The van der Waals surface area contributed by atoms with Gasteiger partial charge in [0.2, 0.25) is 0 Å². The van der Waals surface area contributed by atoms with Crippen LogP contribution in [0, 0.1) is 0 Å². The summed E-state index contributed by atoms with van der Waals surface area (Å²) in [4.78, 5) is 14.0. The number of nitrogens with one attached hydrogen (secondary N) is 1. The number of carbonyl (C=O) groups excluding carboxylic acids is 1. The second kappa shape index (κ2) is 6.88. The van der Waals surface area contributed by atoms with E-state index in [1.54, 1.807) is 16.4 Å². The van der Waals surface area contributed by atoms with Gasteiger partial charge in [0.25, 0.3) is 5.91 Å². The summed E-state index contributed by atoms with van der Waals surface area (Å²) in [5.74, 6) is 1.34. The monoisotopic (exact) mass is 365 g/mol. The van der Waals surface area contributed by atoms with E-state index in [1.807, 2.05) is 50.4 Å². The third kappa shape index (κ3) is 2.97. The number of amides is 1. The van der Waals surface area contributed by atoms with Gasteiger partial charge in [-0.25, -0.2) is 0 Å². The van der Waals surface area contributed by atoms with Crippen LogP contribution in [0.15, 0.2) is 53.4 Å². The van der Waals surface area contributed by atoms with Crippen molar-refractivity contribution >= 4 is 23.4 Å². The van der Waals surface area contributed by atoms with Crippen LogP contribution in [-0.4, -0.2) is 22.3 Å². The van der Waals surface area contributed by atoms with Gasteiger partial charge in [-0.1, -0.05) is 18.2 Å². The largest absolute Gasteiger partial charge is 0.494 e. The SMILES string of the molecule is CCOc1ccc(NC(=O)c2nn(C)c3c2CSc2ccccc2-3)cc1. The van der Waals surface area contributed by atoms with E-state index in [4.69, 9.17) is 4.74 Å². The van der Waals surface area contributed by atoms with Gasteiger partial charge >= 0.3 is 0 Å². The van der Waals surface area contributed by atoms with Crippen molar-refractivity contribution in [3.8, 4) is 17.0 Å². The Hall–Kier alpha value is -2.73. The van der Waals surface area contributed by atoms with Crippen LogP contribution in [0.5, 0.6) is 5.75 Å². The molecule has 2 aromatic carbocycles. The highest BCUT2D eigenvalue weighted by Gasteiger charge is 2.27. The molecule has 1 aliphatic heterocycles. The van der Waals surface area contributed by atoms with E-state index < -0.39 is 0 Å². The van der Waals surface area contributed by atoms with Gasteiger partial charge in [0.1, 0.15) is 5.75 Å². The maximum absolute atomic E-state index is 12.8. The van der Waals surface area contributed by atoms with Crippen LogP contribution in [0.4, 0.5) is 5.69 Å². The molecule has 0 spiro atoms. The number of ether oxygens (including phenoxy) is 1. The molecule has 3 aromatic rings. The standard InChI is InChI=1S/C20H19N3O2S/c1-3-25-14-10-8-13(9-11-14)21-20(24)18-16-12-26-17-7-5-4-6-15(17)19(16)23(2)22-18/h4-11H,3,12H2,1-2H3,(H,21,24). The fourth-order valence-electron chi connectivity index (χ4n) is 3.15. The van der Waals surface area contributed by atoms with Gasteiger partial charge in [0, 0.05) is 34.5 Å². The second-order valence-electron chi connectivity index (χ2n) is 6.00. The molecular formula is C20H19N3O2S. The molecule has 0 radical (unpaired) electrons. The normalized spacial score (nSPS) is 12.2. The summed E-state index contributed by atoms with van der Waals surface area (Å²) >= 11 is 1.74. The molecule has 1 aliphatic rings. The zero-order valence-corrected chi connectivity index (χ0v) is 15.5. The fraction of sp³-hybridized carbons (Fsp3) is 0.200. The summed E-state index contributed by atoms with van der Waals surface area (Å²) < 4.78 is 7.24. The zero-order valence-electron chi connectivity index (χ0n) is 14.7. The molecule has 1 N–H and O–H groups in total. The van der Waals surface area contributed by atoms with E-state index in [2.05, 4.69) is 22.5 Å². The van der Waals surface area contributed by atoms with E-state index in [0.29, 0.717) is 12.3 Å². The minimum Gasteiger partial charge on any atom is -0.494 e. The molecule has 1 amide bonds. The smallest absolute Gasteiger partial charge is 0.276 e. The van der Waals surface area contributed by atoms with Crippen molar-refractivity contribution < 1.29 is 9.53 Å².